The van der Waals surface area contributed by atoms with Gasteiger partial charge in [0.15, 0.2) is 11.2 Å². The molecule has 0 aliphatic carbocycles. The van der Waals surface area contributed by atoms with Crippen LogP contribution >= 0.6 is 11.6 Å². The van der Waals surface area contributed by atoms with Crippen molar-refractivity contribution in [2.24, 2.45) is 0 Å². The Morgan fingerprint density at radius 1 is 1.14 bits per heavy atom. The van der Waals surface area contributed by atoms with Gasteiger partial charge in [0.2, 0.25) is 0 Å². The summed E-state index contributed by atoms with van der Waals surface area (Å²) >= 11 is 6.16. The molecule has 29 heavy (non-hydrogen) atoms. The zero-order valence-electron chi connectivity index (χ0n) is 15.8. The van der Waals surface area contributed by atoms with Gasteiger partial charge < -0.3 is 4.57 Å². The molecular weight excluding hydrogens is 388 g/mol. The van der Waals surface area contributed by atoms with Crippen LogP contribution in [-0.4, -0.2) is 18.7 Å². The van der Waals surface area contributed by atoms with Crippen molar-refractivity contribution in [2.75, 3.05) is 0 Å². The quantitative estimate of drug-likeness (QED) is 0.473. The summed E-state index contributed by atoms with van der Waals surface area (Å²) in [6.45, 7) is 5.98. The first-order valence-corrected chi connectivity index (χ1v) is 9.55. The zero-order chi connectivity index (χ0) is 20.5. The van der Waals surface area contributed by atoms with Crippen molar-refractivity contribution in [3.63, 3.8) is 0 Å². The molecule has 0 amide bonds. The fourth-order valence-electron chi connectivity index (χ4n) is 3.50. The average Bonchev–Trinajstić information content (AvgIpc) is 3.13. The molecule has 0 saturated carbocycles. The fraction of sp³-hybridized carbons (Fsp3) is 0.136. The molecule has 1 atom stereocenters. The van der Waals surface area contributed by atoms with Gasteiger partial charge in [-0.1, -0.05) is 54.1 Å². The summed E-state index contributed by atoms with van der Waals surface area (Å²) in [5.41, 5.74) is 1.18. The Bertz CT molecular complexity index is 1320. The van der Waals surface area contributed by atoms with Gasteiger partial charge in [0, 0.05) is 11.6 Å². The van der Waals surface area contributed by atoms with Crippen LogP contribution in [0.5, 0.6) is 0 Å². The minimum Gasteiger partial charge on any atom is -0.321 e. The minimum atomic E-state index is -0.468. The highest BCUT2D eigenvalue weighted by Crippen LogP contribution is 2.19. The molecule has 0 saturated heterocycles. The summed E-state index contributed by atoms with van der Waals surface area (Å²) < 4.78 is 4.39. The molecule has 0 spiro atoms. The Morgan fingerprint density at radius 2 is 1.90 bits per heavy atom. The van der Waals surface area contributed by atoms with Crippen LogP contribution in [0.4, 0.5) is 0 Å². The van der Waals surface area contributed by atoms with Crippen LogP contribution in [-0.2, 0) is 6.54 Å². The smallest absolute Gasteiger partial charge is 0.321 e. The van der Waals surface area contributed by atoms with E-state index in [1.165, 1.54) is 9.13 Å². The highest BCUT2D eigenvalue weighted by atomic mass is 35.5. The zero-order valence-corrected chi connectivity index (χ0v) is 16.6. The Labute approximate surface area is 171 Å². The SMILES string of the molecule is C=CCn1cnc2c1c(=O)n(C(C)c1ccccc1)c(=O)n2-c1cccc(Cl)c1. The summed E-state index contributed by atoms with van der Waals surface area (Å²) in [6, 6.07) is 15.9. The highest BCUT2D eigenvalue weighted by Gasteiger charge is 2.22. The maximum Gasteiger partial charge on any atom is 0.337 e. The van der Waals surface area contributed by atoms with E-state index in [1.54, 1.807) is 41.2 Å². The molecule has 0 bridgehead atoms. The van der Waals surface area contributed by atoms with Crippen LogP contribution in [0.25, 0.3) is 16.9 Å². The van der Waals surface area contributed by atoms with E-state index in [2.05, 4.69) is 11.6 Å². The third kappa shape index (κ3) is 3.21. The summed E-state index contributed by atoms with van der Waals surface area (Å²) in [4.78, 5) is 31.3. The summed E-state index contributed by atoms with van der Waals surface area (Å²) in [6.07, 6.45) is 3.23. The predicted molar refractivity (Wildman–Crippen MR) is 115 cm³/mol. The first kappa shape index (κ1) is 19.0. The van der Waals surface area contributed by atoms with Crippen molar-refractivity contribution in [3.8, 4) is 5.69 Å². The van der Waals surface area contributed by atoms with Crippen molar-refractivity contribution in [2.45, 2.75) is 19.5 Å². The predicted octanol–water partition coefficient (Wildman–Crippen LogP) is 3.80. The molecule has 0 aliphatic heterocycles. The number of benzene rings is 2. The number of aromatic nitrogens is 4. The summed E-state index contributed by atoms with van der Waals surface area (Å²) in [5, 5.41) is 0.488. The first-order chi connectivity index (χ1) is 14.0. The second kappa shape index (κ2) is 7.56. The Kier molecular flexibility index (Phi) is 4.94. The lowest BCUT2D eigenvalue weighted by Gasteiger charge is -2.18. The van der Waals surface area contributed by atoms with E-state index in [1.807, 2.05) is 37.3 Å². The van der Waals surface area contributed by atoms with Gasteiger partial charge in [-0.3, -0.25) is 9.36 Å². The van der Waals surface area contributed by atoms with Gasteiger partial charge in [-0.15, -0.1) is 6.58 Å². The van der Waals surface area contributed by atoms with Crippen molar-refractivity contribution in [1.29, 1.82) is 0 Å². The molecule has 0 aliphatic rings. The molecule has 1 unspecified atom stereocenters. The van der Waals surface area contributed by atoms with Gasteiger partial charge in [-0.2, -0.15) is 0 Å². The summed E-state index contributed by atoms with van der Waals surface area (Å²) in [5.74, 6) is 0. The number of nitrogens with zero attached hydrogens (tertiary/aromatic N) is 4. The lowest BCUT2D eigenvalue weighted by Crippen LogP contribution is -2.42. The molecule has 146 valence electrons. The molecule has 2 heterocycles. The van der Waals surface area contributed by atoms with Crippen molar-refractivity contribution in [1.82, 2.24) is 18.7 Å². The van der Waals surface area contributed by atoms with E-state index in [9.17, 15) is 9.59 Å². The lowest BCUT2D eigenvalue weighted by atomic mass is 10.1. The molecule has 4 rings (SSSR count). The number of allylic oxidation sites excluding steroid dienone is 1. The summed E-state index contributed by atoms with van der Waals surface area (Å²) in [7, 11) is 0. The third-order valence-electron chi connectivity index (χ3n) is 4.91. The van der Waals surface area contributed by atoms with Crippen LogP contribution in [0.2, 0.25) is 5.02 Å². The number of hydrogen-bond acceptors (Lipinski definition) is 3. The minimum absolute atomic E-state index is 0.292. The second-order valence-corrected chi connectivity index (χ2v) is 7.15. The topological polar surface area (TPSA) is 61.8 Å². The number of fused-ring (bicyclic) bond motifs is 1. The van der Waals surface area contributed by atoms with E-state index in [0.717, 1.165) is 5.56 Å². The Morgan fingerprint density at radius 3 is 2.59 bits per heavy atom. The number of rotatable bonds is 5. The van der Waals surface area contributed by atoms with Crippen LogP contribution in [0.15, 0.2) is 83.2 Å². The molecule has 6 nitrogen and oxygen atoms in total. The average molecular weight is 407 g/mol. The Balaban J connectivity index is 2.11. The van der Waals surface area contributed by atoms with E-state index in [-0.39, 0.29) is 5.56 Å². The van der Waals surface area contributed by atoms with Gasteiger partial charge in [0.25, 0.3) is 5.56 Å². The normalized spacial score (nSPS) is 12.2. The molecule has 2 aromatic heterocycles. The van der Waals surface area contributed by atoms with Crippen molar-refractivity contribution < 1.29 is 0 Å². The number of halogens is 1. The third-order valence-corrected chi connectivity index (χ3v) is 5.15. The van der Waals surface area contributed by atoms with Crippen LogP contribution in [0.3, 0.4) is 0 Å². The van der Waals surface area contributed by atoms with Gasteiger partial charge in [-0.25, -0.2) is 14.3 Å². The van der Waals surface area contributed by atoms with Crippen LogP contribution in [0, 0.1) is 0 Å². The van der Waals surface area contributed by atoms with Gasteiger partial charge in [0.1, 0.15) is 0 Å². The maximum atomic E-state index is 13.5. The molecular formula is C22H19ClN4O2. The van der Waals surface area contributed by atoms with Gasteiger partial charge in [-0.05, 0) is 30.7 Å². The van der Waals surface area contributed by atoms with E-state index in [0.29, 0.717) is 28.4 Å². The van der Waals surface area contributed by atoms with E-state index >= 15 is 0 Å². The standard InChI is InChI=1S/C22H19ClN4O2/c1-3-12-25-14-24-20-19(25)21(28)26(15(2)16-8-5-4-6-9-16)22(29)27(20)18-11-7-10-17(23)13-18/h3-11,13-15H,1,12H2,2H3. The van der Waals surface area contributed by atoms with Gasteiger partial charge >= 0.3 is 5.69 Å². The van der Waals surface area contributed by atoms with Crippen LogP contribution < -0.4 is 11.2 Å². The largest absolute Gasteiger partial charge is 0.337 e. The molecule has 0 N–H and O–H groups in total. The molecule has 4 aromatic rings. The monoisotopic (exact) mass is 406 g/mol. The highest BCUT2D eigenvalue weighted by molar-refractivity contribution is 6.30. The second-order valence-electron chi connectivity index (χ2n) is 6.72. The van der Waals surface area contributed by atoms with E-state index < -0.39 is 11.7 Å². The van der Waals surface area contributed by atoms with Crippen molar-refractivity contribution >= 4 is 22.8 Å². The van der Waals surface area contributed by atoms with E-state index in [4.69, 9.17) is 11.6 Å². The van der Waals surface area contributed by atoms with Crippen LogP contribution in [0.1, 0.15) is 18.5 Å². The maximum absolute atomic E-state index is 13.5. The Hall–Kier alpha value is -3.38. The van der Waals surface area contributed by atoms with Gasteiger partial charge in [0.05, 0.1) is 18.1 Å². The number of imidazole rings is 1. The number of hydrogen-bond donors (Lipinski definition) is 0. The van der Waals surface area contributed by atoms with Crippen molar-refractivity contribution in [3.05, 3.63) is 105 Å². The molecule has 0 fully saturated rings. The molecule has 0 radical (unpaired) electrons. The lowest BCUT2D eigenvalue weighted by molar-refractivity contribution is 0.569. The molecule has 2 aromatic carbocycles. The molecule has 7 heteroatoms. The first-order valence-electron chi connectivity index (χ1n) is 9.17. The fourth-order valence-corrected chi connectivity index (χ4v) is 3.69.